The number of aromatic nitrogens is 4. The first-order valence-corrected chi connectivity index (χ1v) is 14.6. The Bertz CT molecular complexity index is 1380. The fourth-order valence-corrected chi connectivity index (χ4v) is 6.50. The summed E-state index contributed by atoms with van der Waals surface area (Å²) in [6.45, 7) is 6.37. The van der Waals surface area contributed by atoms with Gasteiger partial charge in [-0.3, -0.25) is 4.90 Å². The molecule has 1 aliphatic carbocycles. The van der Waals surface area contributed by atoms with E-state index in [0.29, 0.717) is 6.54 Å². The molecule has 37 heavy (non-hydrogen) atoms. The first-order valence-electron chi connectivity index (χ1n) is 12.8. The molecule has 10 heteroatoms. The van der Waals surface area contributed by atoms with Gasteiger partial charge in [0.05, 0.1) is 16.8 Å². The molecule has 4 aromatic rings. The van der Waals surface area contributed by atoms with Crippen molar-refractivity contribution in [1.82, 2.24) is 24.8 Å². The molecule has 192 valence electrons. The van der Waals surface area contributed by atoms with E-state index in [9.17, 15) is 5.11 Å². The fraction of sp³-hybridized carbons (Fsp3) is 0.407. The Balaban J connectivity index is 1.17. The minimum atomic E-state index is 0.193. The molecule has 1 aromatic carbocycles. The molecule has 8 nitrogen and oxygen atoms in total. The van der Waals surface area contributed by atoms with E-state index in [2.05, 4.69) is 49.4 Å². The zero-order valence-corrected chi connectivity index (χ0v) is 22.6. The maximum Gasteiger partial charge on any atom is 0.227 e. The monoisotopic (exact) mass is 533 g/mol. The highest BCUT2D eigenvalue weighted by Gasteiger charge is 2.21. The molecule has 4 heterocycles. The van der Waals surface area contributed by atoms with Gasteiger partial charge in [-0.25, -0.2) is 15.0 Å². The lowest BCUT2D eigenvalue weighted by Gasteiger charge is -2.34. The summed E-state index contributed by atoms with van der Waals surface area (Å²) in [5, 5.41) is 13.6. The van der Waals surface area contributed by atoms with Crippen LogP contribution in [0.4, 0.5) is 17.6 Å². The first-order chi connectivity index (χ1) is 18.1. The van der Waals surface area contributed by atoms with Crippen LogP contribution in [0.1, 0.15) is 18.5 Å². The standard InChI is InChI=1S/C27H31N7OS2/c1-18-13-25(32-27(29-18)34-9-7-33(8-10-34)11-12-35)31-24-15-22-23(16-28-24)37-26(30-22)20-3-2-4-21(14-20)36-17-19-5-6-19/h2-4,13-16,19,35H,5-12,17H2,1H3,(H,28,29,31,32). The van der Waals surface area contributed by atoms with Gasteiger partial charge in [0.2, 0.25) is 5.95 Å². The van der Waals surface area contributed by atoms with Gasteiger partial charge in [-0.1, -0.05) is 12.1 Å². The van der Waals surface area contributed by atoms with Crippen molar-refractivity contribution in [2.24, 2.45) is 5.92 Å². The largest absolute Gasteiger partial charge is 0.395 e. The van der Waals surface area contributed by atoms with E-state index in [4.69, 9.17) is 9.97 Å². The van der Waals surface area contributed by atoms with Gasteiger partial charge < -0.3 is 15.3 Å². The van der Waals surface area contributed by atoms with Crippen LogP contribution in [-0.4, -0.2) is 75.0 Å². The number of piperazine rings is 1. The molecule has 2 N–H and O–H groups in total. The average molecular weight is 534 g/mol. The summed E-state index contributed by atoms with van der Waals surface area (Å²) < 4.78 is 1.07. The lowest BCUT2D eigenvalue weighted by atomic mass is 10.2. The summed E-state index contributed by atoms with van der Waals surface area (Å²) in [6, 6.07) is 12.6. The van der Waals surface area contributed by atoms with Crippen LogP contribution in [0.25, 0.3) is 20.8 Å². The van der Waals surface area contributed by atoms with Crippen molar-refractivity contribution in [3.8, 4) is 10.6 Å². The number of aryl methyl sites for hydroxylation is 1. The highest BCUT2D eigenvalue weighted by Crippen LogP contribution is 2.37. The van der Waals surface area contributed by atoms with E-state index < -0.39 is 0 Å². The topological polar surface area (TPSA) is 90.3 Å². The predicted octanol–water partition coefficient (Wildman–Crippen LogP) is 4.82. The van der Waals surface area contributed by atoms with Gasteiger partial charge in [0.15, 0.2) is 0 Å². The second kappa shape index (κ2) is 10.9. The number of fused-ring (bicyclic) bond motifs is 1. The van der Waals surface area contributed by atoms with E-state index in [-0.39, 0.29) is 6.61 Å². The Morgan fingerprint density at radius 3 is 2.73 bits per heavy atom. The number of nitrogens with zero attached hydrogens (tertiary/aromatic N) is 6. The number of thiazole rings is 1. The quantitative estimate of drug-likeness (QED) is 0.294. The maximum absolute atomic E-state index is 9.19. The molecule has 2 fully saturated rings. The summed E-state index contributed by atoms with van der Waals surface area (Å²) >= 11 is 3.63. The number of benzene rings is 1. The maximum atomic E-state index is 9.19. The zero-order chi connectivity index (χ0) is 25.2. The molecular formula is C27H31N7OS2. The number of pyridine rings is 1. The summed E-state index contributed by atoms with van der Waals surface area (Å²) in [5.41, 5.74) is 2.99. The number of rotatable bonds is 9. The van der Waals surface area contributed by atoms with E-state index in [1.807, 2.05) is 37.0 Å². The molecular weight excluding hydrogens is 502 g/mol. The highest BCUT2D eigenvalue weighted by atomic mass is 32.2. The van der Waals surface area contributed by atoms with Crippen molar-refractivity contribution < 1.29 is 5.11 Å². The van der Waals surface area contributed by atoms with Gasteiger partial charge in [0.1, 0.15) is 16.6 Å². The third-order valence-electron chi connectivity index (χ3n) is 6.71. The molecule has 0 amide bonds. The third kappa shape index (κ3) is 6.04. The Kier molecular flexibility index (Phi) is 7.23. The molecule has 1 saturated carbocycles. The Labute approximate surface area is 225 Å². The number of anilines is 3. The van der Waals surface area contributed by atoms with Crippen molar-refractivity contribution >= 4 is 50.9 Å². The van der Waals surface area contributed by atoms with Gasteiger partial charge in [0.25, 0.3) is 0 Å². The molecule has 0 bridgehead atoms. The highest BCUT2D eigenvalue weighted by molar-refractivity contribution is 7.99. The molecule has 1 aliphatic heterocycles. The lowest BCUT2D eigenvalue weighted by Crippen LogP contribution is -2.47. The van der Waals surface area contributed by atoms with Gasteiger partial charge >= 0.3 is 0 Å². The van der Waals surface area contributed by atoms with Crippen LogP contribution in [0.2, 0.25) is 0 Å². The molecule has 6 rings (SSSR count). The first kappa shape index (κ1) is 24.5. The summed E-state index contributed by atoms with van der Waals surface area (Å²) in [7, 11) is 0. The molecule has 1 saturated heterocycles. The number of aliphatic hydroxyl groups is 1. The predicted molar refractivity (Wildman–Crippen MR) is 152 cm³/mol. The second-order valence-electron chi connectivity index (χ2n) is 9.71. The van der Waals surface area contributed by atoms with Gasteiger partial charge in [0, 0.05) is 73.0 Å². The Morgan fingerprint density at radius 1 is 1.05 bits per heavy atom. The third-order valence-corrected chi connectivity index (χ3v) is 8.99. The lowest BCUT2D eigenvalue weighted by molar-refractivity contribution is 0.188. The van der Waals surface area contributed by atoms with Crippen molar-refractivity contribution in [2.45, 2.75) is 24.7 Å². The Hall–Kier alpha value is -2.79. The van der Waals surface area contributed by atoms with Crippen LogP contribution in [0.15, 0.2) is 47.5 Å². The van der Waals surface area contributed by atoms with Gasteiger partial charge in [-0.2, -0.15) is 4.98 Å². The van der Waals surface area contributed by atoms with Crippen molar-refractivity contribution in [3.05, 3.63) is 48.3 Å². The van der Waals surface area contributed by atoms with Crippen molar-refractivity contribution in [3.63, 3.8) is 0 Å². The van der Waals surface area contributed by atoms with Crippen LogP contribution >= 0.6 is 23.1 Å². The normalized spacial score (nSPS) is 16.4. The number of thioether (sulfide) groups is 1. The second-order valence-corrected chi connectivity index (χ2v) is 11.8. The van der Waals surface area contributed by atoms with Crippen molar-refractivity contribution in [1.29, 1.82) is 0 Å². The van der Waals surface area contributed by atoms with Crippen LogP contribution in [0.5, 0.6) is 0 Å². The van der Waals surface area contributed by atoms with Crippen LogP contribution in [-0.2, 0) is 0 Å². The Morgan fingerprint density at radius 2 is 1.92 bits per heavy atom. The van der Waals surface area contributed by atoms with E-state index in [1.54, 1.807) is 11.3 Å². The summed E-state index contributed by atoms with van der Waals surface area (Å²) in [4.78, 5) is 24.8. The smallest absolute Gasteiger partial charge is 0.227 e. The number of hydrogen-bond acceptors (Lipinski definition) is 10. The molecule has 0 atom stereocenters. The van der Waals surface area contributed by atoms with Gasteiger partial charge in [-0.15, -0.1) is 23.1 Å². The number of aliphatic hydroxyl groups excluding tert-OH is 1. The van der Waals surface area contributed by atoms with Crippen LogP contribution in [0.3, 0.4) is 0 Å². The number of nitrogens with one attached hydrogen (secondary N) is 1. The number of β-amino-alcohol motifs (C(OH)–C–C–N with tert-alkyl or cyclic N) is 1. The number of hydrogen-bond donors (Lipinski definition) is 2. The summed E-state index contributed by atoms with van der Waals surface area (Å²) in [6.07, 6.45) is 4.65. The van der Waals surface area contributed by atoms with Gasteiger partial charge in [-0.05, 0) is 37.8 Å². The van der Waals surface area contributed by atoms with E-state index >= 15 is 0 Å². The van der Waals surface area contributed by atoms with E-state index in [0.717, 1.165) is 76.2 Å². The minimum Gasteiger partial charge on any atom is -0.395 e. The molecule has 0 spiro atoms. The summed E-state index contributed by atoms with van der Waals surface area (Å²) in [5.74, 6) is 4.29. The molecule has 0 radical (unpaired) electrons. The molecule has 3 aromatic heterocycles. The SMILES string of the molecule is Cc1cc(Nc2cc3nc(-c4cccc(SCC5CC5)c4)sc3cn2)nc(N2CCN(CCO)CC2)n1. The molecule has 0 unspecified atom stereocenters. The van der Waals surface area contributed by atoms with Crippen LogP contribution in [0, 0.1) is 12.8 Å². The zero-order valence-electron chi connectivity index (χ0n) is 20.9. The van der Waals surface area contributed by atoms with E-state index in [1.165, 1.54) is 23.5 Å². The minimum absolute atomic E-state index is 0.193. The molecule has 2 aliphatic rings. The average Bonchev–Trinajstić information content (AvgIpc) is 3.64. The van der Waals surface area contributed by atoms with Crippen LogP contribution < -0.4 is 10.2 Å². The van der Waals surface area contributed by atoms with Crippen molar-refractivity contribution in [2.75, 3.05) is 55.3 Å². The fourth-order valence-electron chi connectivity index (χ4n) is 4.45.